The molecular weight excluding hydrogens is 751 g/mol. The van der Waals surface area contributed by atoms with Crippen molar-refractivity contribution in [3.05, 3.63) is 60.8 Å². The van der Waals surface area contributed by atoms with Gasteiger partial charge in [0.15, 0.2) is 0 Å². The first-order valence-electron chi connectivity index (χ1n) is 26.6. The number of rotatable bonds is 48. The highest BCUT2D eigenvalue weighted by Gasteiger charge is 2.22. The molecule has 0 heterocycles. The van der Waals surface area contributed by atoms with E-state index in [1.165, 1.54) is 193 Å². The molecule has 3 atom stereocenters. The highest BCUT2D eigenvalue weighted by molar-refractivity contribution is 5.80. The summed E-state index contributed by atoms with van der Waals surface area (Å²) in [5.41, 5.74) is 0. The maximum atomic E-state index is 12.5. The summed E-state index contributed by atoms with van der Waals surface area (Å²) in [6.07, 6.45) is 68.5. The summed E-state index contributed by atoms with van der Waals surface area (Å²) in [5, 5.41) is 33.3. The number of hydrogen-bond acceptors (Lipinski definition) is 4. The average molecular weight is 854 g/mol. The predicted molar refractivity (Wildman–Crippen MR) is 268 cm³/mol. The van der Waals surface area contributed by atoms with Crippen LogP contribution < -0.4 is 5.32 Å². The molecule has 0 fully saturated rings. The van der Waals surface area contributed by atoms with Gasteiger partial charge < -0.3 is 20.6 Å². The molecule has 0 radical (unpaired) electrons. The number of carbonyl (C=O) groups excluding carboxylic acids is 1. The molecule has 356 valence electrons. The van der Waals surface area contributed by atoms with Crippen LogP contribution in [0.2, 0.25) is 0 Å². The Balaban J connectivity index is 3.70. The molecule has 0 aliphatic heterocycles. The summed E-state index contributed by atoms with van der Waals surface area (Å²) in [4.78, 5) is 12.5. The van der Waals surface area contributed by atoms with E-state index in [1.54, 1.807) is 6.08 Å². The van der Waals surface area contributed by atoms with E-state index in [4.69, 9.17) is 0 Å². The largest absolute Gasteiger partial charge is 0.394 e. The van der Waals surface area contributed by atoms with Gasteiger partial charge in [0.25, 0.3) is 0 Å². The molecule has 3 unspecified atom stereocenters. The van der Waals surface area contributed by atoms with Crippen LogP contribution in [0.25, 0.3) is 0 Å². The first-order chi connectivity index (χ1) is 30.1. The van der Waals surface area contributed by atoms with E-state index in [0.717, 1.165) is 51.4 Å². The van der Waals surface area contributed by atoms with Crippen LogP contribution in [0.1, 0.15) is 264 Å². The standard InChI is InChI=1S/C56H103NO4/c1-3-5-7-9-11-13-15-17-19-21-23-25-27-29-31-33-35-37-39-41-43-45-47-49-51-55(60)56(61)57-53(52-58)54(59)50-48-46-44-42-40-38-36-34-32-30-28-26-24-22-20-18-16-14-12-10-8-6-4-2/h23,25,29,31-32,34,40,42,48,50,53-55,58-60H,3-22,24,26-28,30,33,35-39,41,43-47,49,51-52H2,1-2H3,(H,57,61)/b25-23-,31-29-,34-32+,42-40+,50-48+. The van der Waals surface area contributed by atoms with Crippen LogP contribution in [0.3, 0.4) is 0 Å². The Kier molecular flexibility index (Phi) is 49.1. The van der Waals surface area contributed by atoms with Gasteiger partial charge in [-0.25, -0.2) is 0 Å². The van der Waals surface area contributed by atoms with Crippen molar-refractivity contribution in [2.24, 2.45) is 0 Å². The quantitative estimate of drug-likeness (QED) is 0.0363. The van der Waals surface area contributed by atoms with Crippen molar-refractivity contribution < 1.29 is 20.1 Å². The van der Waals surface area contributed by atoms with Crippen LogP contribution in [0.4, 0.5) is 0 Å². The Morgan fingerprint density at radius 3 is 1.10 bits per heavy atom. The Morgan fingerprint density at radius 1 is 0.410 bits per heavy atom. The molecule has 0 aromatic rings. The fourth-order valence-electron chi connectivity index (χ4n) is 7.90. The van der Waals surface area contributed by atoms with Crippen molar-refractivity contribution in [3.8, 4) is 0 Å². The number of carbonyl (C=O) groups is 1. The second-order valence-corrected chi connectivity index (χ2v) is 18.1. The van der Waals surface area contributed by atoms with Gasteiger partial charge in [-0.15, -0.1) is 0 Å². The highest BCUT2D eigenvalue weighted by Crippen LogP contribution is 2.15. The summed E-state index contributed by atoms with van der Waals surface area (Å²) in [6.45, 7) is 4.18. The normalized spacial score (nSPS) is 13.9. The topological polar surface area (TPSA) is 89.8 Å². The first-order valence-corrected chi connectivity index (χ1v) is 26.6. The lowest BCUT2D eigenvalue weighted by Crippen LogP contribution is -2.48. The summed E-state index contributed by atoms with van der Waals surface area (Å²) in [6, 6.07) is -0.827. The molecule has 0 bridgehead atoms. The number of aliphatic hydroxyl groups is 3. The second-order valence-electron chi connectivity index (χ2n) is 18.1. The van der Waals surface area contributed by atoms with Gasteiger partial charge in [0.1, 0.15) is 6.10 Å². The molecule has 5 nitrogen and oxygen atoms in total. The monoisotopic (exact) mass is 854 g/mol. The van der Waals surface area contributed by atoms with Gasteiger partial charge in [0.05, 0.1) is 18.8 Å². The number of hydrogen-bond donors (Lipinski definition) is 4. The lowest BCUT2D eigenvalue weighted by atomic mass is 10.0. The van der Waals surface area contributed by atoms with Gasteiger partial charge in [0, 0.05) is 0 Å². The molecule has 0 aromatic heterocycles. The minimum atomic E-state index is -1.12. The SMILES string of the molecule is CCCCCCCCCCC/C=C\C/C=C\CCCCCCCCCCC(O)C(=O)NC(CO)C(O)/C=C/CC/C=C/CC/C=C/CCCCCCCCCCCCCCC. The molecule has 0 spiro atoms. The molecule has 0 aromatic carbocycles. The number of nitrogens with one attached hydrogen (secondary N) is 1. The van der Waals surface area contributed by atoms with E-state index >= 15 is 0 Å². The average Bonchev–Trinajstić information content (AvgIpc) is 3.26. The Morgan fingerprint density at radius 2 is 0.721 bits per heavy atom. The van der Waals surface area contributed by atoms with E-state index in [2.05, 4.69) is 67.8 Å². The van der Waals surface area contributed by atoms with Crippen LogP contribution in [-0.4, -0.2) is 46.1 Å². The van der Waals surface area contributed by atoms with Crippen molar-refractivity contribution in [2.45, 2.75) is 283 Å². The third-order valence-electron chi connectivity index (χ3n) is 12.1. The summed E-state index contributed by atoms with van der Waals surface area (Å²) >= 11 is 0. The lowest BCUT2D eigenvalue weighted by Gasteiger charge is -2.21. The van der Waals surface area contributed by atoms with Crippen molar-refractivity contribution >= 4 is 5.91 Å². The van der Waals surface area contributed by atoms with Crippen LogP contribution in [0, 0.1) is 0 Å². The molecule has 0 rings (SSSR count). The van der Waals surface area contributed by atoms with Crippen LogP contribution >= 0.6 is 0 Å². The smallest absolute Gasteiger partial charge is 0.249 e. The molecular formula is C56H103NO4. The summed E-state index contributed by atoms with van der Waals surface area (Å²) in [7, 11) is 0. The zero-order chi connectivity index (χ0) is 44.4. The number of amides is 1. The Hall–Kier alpha value is -1.95. The minimum absolute atomic E-state index is 0.385. The fraction of sp³-hybridized carbons (Fsp3) is 0.804. The maximum absolute atomic E-state index is 12.5. The van der Waals surface area contributed by atoms with Gasteiger partial charge >= 0.3 is 0 Å². The third-order valence-corrected chi connectivity index (χ3v) is 12.1. The van der Waals surface area contributed by atoms with Gasteiger partial charge in [-0.3, -0.25) is 4.79 Å². The molecule has 0 aliphatic rings. The number of allylic oxidation sites excluding steroid dienone is 9. The third kappa shape index (κ3) is 45.9. The Labute approximate surface area is 379 Å². The maximum Gasteiger partial charge on any atom is 0.249 e. The Bertz CT molecular complexity index is 1030. The van der Waals surface area contributed by atoms with Gasteiger partial charge in [-0.05, 0) is 77.0 Å². The highest BCUT2D eigenvalue weighted by atomic mass is 16.3. The van der Waals surface area contributed by atoms with Gasteiger partial charge in [-0.2, -0.15) is 0 Å². The van der Waals surface area contributed by atoms with Crippen molar-refractivity contribution in [3.63, 3.8) is 0 Å². The van der Waals surface area contributed by atoms with E-state index in [-0.39, 0.29) is 6.61 Å². The lowest BCUT2D eigenvalue weighted by molar-refractivity contribution is -0.131. The van der Waals surface area contributed by atoms with E-state index in [1.807, 2.05) is 6.08 Å². The number of aliphatic hydroxyl groups excluding tert-OH is 3. The molecule has 61 heavy (non-hydrogen) atoms. The summed E-state index contributed by atoms with van der Waals surface area (Å²) in [5.74, 6) is -0.521. The van der Waals surface area contributed by atoms with E-state index in [9.17, 15) is 20.1 Å². The molecule has 0 aliphatic carbocycles. The summed E-state index contributed by atoms with van der Waals surface area (Å²) < 4.78 is 0. The number of unbranched alkanes of at least 4 members (excludes halogenated alkanes) is 32. The van der Waals surface area contributed by atoms with E-state index < -0.39 is 24.2 Å². The first kappa shape index (κ1) is 59.0. The molecule has 5 heteroatoms. The van der Waals surface area contributed by atoms with Crippen molar-refractivity contribution in [2.75, 3.05) is 6.61 Å². The van der Waals surface area contributed by atoms with Gasteiger partial charge in [0.2, 0.25) is 5.91 Å². The van der Waals surface area contributed by atoms with Crippen molar-refractivity contribution in [1.29, 1.82) is 0 Å². The zero-order valence-electron chi connectivity index (χ0n) is 40.5. The van der Waals surface area contributed by atoms with Gasteiger partial charge in [-0.1, -0.05) is 248 Å². The van der Waals surface area contributed by atoms with Crippen LogP contribution in [0.5, 0.6) is 0 Å². The predicted octanol–water partition coefficient (Wildman–Crippen LogP) is 16.2. The molecule has 1 amide bonds. The van der Waals surface area contributed by atoms with Crippen molar-refractivity contribution in [1.82, 2.24) is 5.32 Å². The minimum Gasteiger partial charge on any atom is -0.394 e. The fourth-order valence-corrected chi connectivity index (χ4v) is 7.90. The van der Waals surface area contributed by atoms with Crippen LogP contribution in [0.15, 0.2) is 60.8 Å². The van der Waals surface area contributed by atoms with E-state index in [0.29, 0.717) is 6.42 Å². The zero-order valence-corrected chi connectivity index (χ0v) is 40.5. The molecule has 4 N–H and O–H groups in total. The molecule has 0 saturated carbocycles. The van der Waals surface area contributed by atoms with Crippen LogP contribution in [-0.2, 0) is 4.79 Å². The second kappa shape index (κ2) is 50.7. The molecule has 0 saturated heterocycles.